The molecule has 6 heteroatoms. The largest absolute Gasteiger partial charge is 0.507 e. The SMILES string of the molecule is Cc1cc(Br)cc(N)c1NC(=O)c1c(O)cccc1O. The minimum atomic E-state index is -0.627. The molecule has 20 heavy (non-hydrogen) atoms. The fourth-order valence-corrected chi connectivity index (χ4v) is 2.47. The van der Waals surface area contributed by atoms with E-state index in [4.69, 9.17) is 5.73 Å². The van der Waals surface area contributed by atoms with E-state index >= 15 is 0 Å². The molecule has 0 aliphatic carbocycles. The zero-order chi connectivity index (χ0) is 14.9. The fraction of sp³-hybridized carbons (Fsp3) is 0.0714. The number of carbonyl (C=O) groups excluding carboxylic acids is 1. The molecule has 0 radical (unpaired) electrons. The highest BCUT2D eigenvalue weighted by Gasteiger charge is 2.18. The minimum Gasteiger partial charge on any atom is -0.507 e. The predicted molar refractivity (Wildman–Crippen MR) is 81.0 cm³/mol. The Kier molecular flexibility index (Phi) is 3.85. The maximum Gasteiger partial charge on any atom is 0.263 e. The molecular weight excluding hydrogens is 324 g/mol. The predicted octanol–water partition coefficient (Wildman–Crippen LogP) is 3.00. The number of nitrogen functional groups attached to an aromatic ring is 1. The van der Waals surface area contributed by atoms with E-state index in [0.717, 1.165) is 10.0 Å². The van der Waals surface area contributed by atoms with Gasteiger partial charge in [-0.25, -0.2) is 0 Å². The number of aromatic hydroxyl groups is 2. The van der Waals surface area contributed by atoms with Gasteiger partial charge in [-0.3, -0.25) is 4.79 Å². The lowest BCUT2D eigenvalue weighted by Gasteiger charge is -2.13. The van der Waals surface area contributed by atoms with Crippen molar-refractivity contribution in [3.8, 4) is 11.5 Å². The Morgan fingerprint density at radius 2 is 1.85 bits per heavy atom. The van der Waals surface area contributed by atoms with Gasteiger partial charge in [-0.15, -0.1) is 0 Å². The summed E-state index contributed by atoms with van der Waals surface area (Å²) in [6.07, 6.45) is 0. The smallest absolute Gasteiger partial charge is 0.263 e. The summed E-state index contributed by atoms with van der Waals surface area (Å²) in [7, 11) is 0. The number of nitrogens with one attached hydrogen (secondary N) is 1. The van der Waals surface area contributed by atoms with Crippen LogP contribution in [-0.4, -0.2) is 16.1 Å². The number of aryl methyl sites for hydroxylation is 1. The maximum atomic E-state index is 12.1. The fourth-order valence-electron chi connectivity index (χ4n) is 1.88. The van der Waals surface area contributed by atoms with E-state index in [1.165, 1.54) is 18.2 Å². The van der Waals surface area contributed by atoms with Gasteiger partial charge in [0.2, 0.25) is 0 Å². The Hall–Kier alpha value is -2.21. The lowest BCUT2D eigenvalue weighted by molar-refractivity contribution is 0.102. The second kappa shape index (κ2) is 5.42. The molecule has 0 unspecified atom stereocenters. The van der Waals surface area contributed by atoms with E-state index in [-0.39, 0.29) is 17.1 Å². The number of nitrogens with two attached hydrogens (primary N) is 1. The molecule has 0 bridgehead atoms. The molecule has 0 aliphatic rings. The van der Waals surface area contributed by atoms with E-state index in [0.29, 0.717) is 11.4 Å². The Bertz CT molecular complexity index is 643. The van der Waals surface area contributed by atoms with Crippen LogP contribution in [-0.2, 0) is 0 Å². The normalized spacial score (nSPS) is 10.3. The first kappa shape index (κ1) is 14.2. The zero-order valence-corrected chi connectivity index (χ0v) is 12.2. The van der Waals surface area contributed by atoms with Crippen LogP contribution in [0.2, 0.25) is 0 Å². The molecule has 0 saturated heterocycles. The summed E-state index contributed by atoms with van der Waals surface area (Å²) in [4.78, 5) is 12.1. The van der Waals surface area contributed by atoms with Crippen molar-refractivity contribution in [1.82, 2.24) is 0 Å². The summed E-state index contributed by atoms with van der Waals surface area (Å²) in [6.45, 7) is 1.79. The van der Waals surface area contributed by atoms with Crippen molar-refractivity contribution < 1.29 is 15.0 Å². The van der Waals surface area contributed by atoms with Crippen molar-refractivity contribution in [2.24, 2.45) is 0 Å². The van der Waals surface area contributed by atoms with E-state index in [1.54, 1.807) is 19.1 Å². The molecular formula is C14H13BrN2O3. The van der Waals surface area contributed by atoms with Crippen LogP contribution in [0, 0.1) is 6.92 Å². The molecule has 0 aromatic heterocycles. The number of amides is 1. The van der Waals surface area contributed by atoms with Gasteiger partial charge in [0, 0.05) is 4.47 Å². The molecule has 0 aliphatic heterocycles. The number of benzene rings is 2. The van der Waals surface area contributed by atoms with Crippen molar-refractivity contribution in [2.45, 2.75) is 6.92 Å². The lowest BCUT2D eigenvalue weighted by atomic mass is 10.1. The highest BCUT2D eigenvalue weighted by molar-refractivity contribution is 9.10. The van der Waals surface area contributed by atoms with E-state index < -0.39 is 5.91 Å². The number of anilines is 2. The van der Waals surface area contributed by atoms with Gasteiger partial charge in [-0.2, -0.15) is 0 Å². The Morgan fingerprint density at radius 3 is 2.40 bits per heavy atom. The number of hydrogen-bond donors (Lipinski definition) is 4. The topological polar surface area (TPSA) is 95.6 Å². The van der Waals surface area contributed by atoms with Gasteiger partial charge >= 0.3 is 0 Å². The quantitative estimate of drug-likeness (QED) is 0.634. The first-order chi connectivity index (χ1) is 9.40. The van der Waals surface area contributed by atoms with Gasteiger partial charge in [0.1, 0.15) is 17.1 Å². The summed E-state index contributed by atoms with van der Waals surface area (Å²) < 4.78 is 0.802. The number of phenolic OH excluding ortho intramolecular Hbond substituents is 2. The zero-order valence-electron chi connectivity index (χ0n) is 10.6. The number of phenols is 2. The third-order valence-electron chi connectivity index (χ3n) is 2.82. The van der Waals surface area contributed by atoms with Crippen molar-refractivity contribution in [2.75, 3.05) is 11.1 Å². The number of carbonyl (C=O) groups is 1. The van der Waals surface area contributed by atoms with Gasteiger partial charge in [0.15, 0.2) is 0 Å². The number of hydrogen-bond acceptors (Lipinski definition) is 4. The van der Waals surface area contributed by atoms with Crippen LogP contribution >= 0.6 is 15.9 Å². The molecule has 5 nitrogen and oxygen atoms in total. The number of halogens is 1. The van der Waals surface area contributed by atoms with Crippen LogP contribution in [0.3, 0.4) is 0 Å². The average Bonchev–Trinajstić information content (AvgIpc) is 2.33. The molecule has 0 heterocycles. The molecule has 0 spiro atoms. The van der Waals surface area contributed by atoms with Crippen LogP contribution < -0.4 is 11.1 Å². The highest BCUT2D eigenvalue weighted by atomic mass is 79.9. The summed E-state index contributed by atoms with van der Waals surface area (Å²) in [6, 6.07) is 7.56. The third-order valence-corrected chi connectivity index (χ3v) is 3.27. The van der Waals surface area contributed by atoms with Crippen molar-refractivity contribution in [1.29, 1.82) is 0 Å². The first-order valence-electron chi connectivity index (χ1n) is 5.78. The monoisotopic (exact) mass is 336 g/mol. The van der Waals surface area contributed by atoms with Gasteiger partial charge < -0.3 is 21.3 Å². The van der Waals surface area contributed by atoms with Crippen LogP contribution in [0.5, 0.6) is 11.5 Å². The van der Waals surface area contributed by atoms with Gasteiger partial charge in [0.05, 0.1) is 11.4 Å². The van der Waals surface area contributed by atoms with Gasteiger partial charge in [-0.1, -0.05) is 22.0 Å². The first-order valence-corrected chi connectivity index (χ1v) is 6.57. The third kappa shape index (κ3) is 2.70. The standard InChI is InChI=1S/C14H13BrN2O3/c1-7-5-8(15)6-9(16)13(7)17-14(20)12-10(18)3-2-4-11(12)19/h2-6,18-19H,16H2,1H3,(H,17,20). The highest BCUT2D eigenvalue weighted by Crippen LogP contribution is 2.31. The van der Waals surface area contributed by atoms with E-state index in [9.17, 15) is 15.0 Å². The van der Waals surface area contributed by atoms with Crippen LogP contribution in [0.25, 0.3) is 0 Å². The Balaban J connectivity index is 2.38. The van der Waals surface area contributed by atoms with Crippen LogP contribution in [0.15, 0.2) is 34.8 Å². The second-order valence-electron chi connectivity index (χ2n) is 4.31. The summed E-state index contributed by atoms with van der Waals surface area (Å²) in [5.74, 6) is -1.22. The van der Waals surface area contributed by atoms with E-state index in [2.05, 4.69) is 21.2 Å². The van der Waals surface area contributed by atoms with Crippen molar-refractivity contribution >= 4 is 33.2 Å². The molecule has 0 saturated carbocycles. The molecule has 5 N–H and O–H groups in total. The van der Waals surface area contributed by atoms with Gasteiger partial charge in [-0.05, 0) is 36.8 Å². The summed E-state index contributed by atoms with van der Waals surface area (Å²) >= 11 is 3.31. The van der Waals surface area contributed by atoms with E-state index in [1.807, 2.05) is 0 Å². The average molecular weight is 337 g/mol. The molecule has 0 atom stereocenters. The molecule has 104 valence electrons. The second-order valence-corrected chi connectivity index (χ2v) is 5.23. The summed E-state index contributed by atoms with van der Waals surface area (Å²) in [5, 5.41) is 21.9. The number of rotatable bonds is 2. The van der Waals surface area contributed by atoms with Crippen molar-refractivity contribution in [3.63, 3.8) is 0 Å². The van der Waals surface area contributed by atoms with Crippen LogP contribution in [0.4, 0.5) is 11.4 Å². The molecule has 1 amide bonds. The lowest BCUT2D eigenvalue weighted by Crippen LogP contribution is -2.14. The molecule has 2 rings (SSSR count). The van der Waals surface area contributed by atoms with Crippen molar-refractivity contribution in [3.05, 3.63) is 45.9 Å². The minimum absolute atomic E-state index is 0.186. The molecule has 2 aromatic rings. The maximum absolute atomic E-state index is 12.1. The molecule has 0 fully saturated rings. The van der Waals surface area contributed by atoms with Crippen LogP contribution in [0.1, 0.15) is 15.9 Å². The molecule has 2 aromatic carbocycles. The Morgan fingerprint density at radius 1 is 1.25 bits per heavy atom. The Labute approximate surface area is 124 Å². The summed E-state index contributed by atoms with van der Waals surface area (Å²) in [5.41, 5.74) is 7.27. The van der Waals surface area contributed by atoms with Gasteiger partial charge in [0.25, 0.3) is 5.91 Å².